The second kappa shape index (κ2) is 4.28. The number of aryl methyl sites for hydroxylation is 1. The summed E-state index contributed by atoms with van der Waals surface area (Å²) in [5, 5.41) is 4.36. The van der Waals surface area contributed by atoms with E-state index in [1.807, 2.05) is 6.92 Å². The highest BCUT2D eigenvalue weighted by molar-refractivity contribution is 5.92. The molecule has 2 aromatic rings. The fourth-order valence-corrected chi connectivity index (χ4v) is 2.62. The van der Waals surface area contributed by atoms with E-state index < -0.39 is 0 Å². The number of rotatable bonds is 1. The van der Waals surface area contributed by atoms with Crippen molar-refractivity contribution in [2.24, 2.45) is 0 Å². The molecule has 0 unspecified atom stereocenters. The van der Waals surface area contributed by atoms with Crippen molar-refractivity contribution in [1.29, 1.82) is 0 Å². The van der Waals surface area contributed by atoms with E-state index in [0.29, 0.717) is 17.3 Å². The van der Waals surface area contributed by atoms with Gasteiger partial charge < -0.3 is 14.6 Å². The van der Waals surface area contributed by atoms with Crippen LogP contribution in [0.3, 0.4) is 0 Å². The number of fused-ring (bicyclic) bond motifs is 1. The smallest absolute Gasteiger partial charge is 0.160 e. The Balaban J connectivity index is 2.12. The molecule has 1 fully saturated rings. The lowest BCUT2D eigenvalue weighted by atomic mass is 10.1. The molecule has 96 valence electrons. The molecule has 1 aliphatic heterocycles. The van der Waals surface area contributed by atoms with Crippen LogP contribution in [0, 0.1) is 12.7 Å². The normalized spacial score (nSPS) is 20.6. The zero-order valence-electron chi connectivity index (χ0n) is 10.7. The first-order valence-corrected chi connectivity index (χ1v) is 6.31. The lowest BCUT2D eigenvalue weighted by molar-refractivity contribution is 0.477. The Labute approximate surface area is 106 Å². The lowest BCUT2D eigenvalue weighted by Crippen LogP contribution is -2.49. The second-order valence-corrected chi connectivity index (χ2v) is 4.99. The molecule has 0 amide bonds. The van der Waals surface area contributed by atoms with Crippen molar-refractivity contribution in [3.8, 4) is 0 Å². The molecular weight excluding hydrogens is 231 g/mol. The third-order valence-electron chi connectivity index (χ3n) is 3.55. The number of halogens is 1. The van der Waals surface area contributed by atoms with E-state index in [2.05, 4.69) is 17.1 Å². The second-order valence-electron chi connectivity index (χ2n) is 4.99. The third-order valence-corrected chi connectivity index (χ3v) is 3.55. The maximum Gasteiger partial charge on any atom is 0.160 e. The van der Waals surface area contributed by atoms with E-state index in [1.54, 1.807) is 12.3 Å². The van der Waals surface area contributed by atoms with Crippen molar-refractivity contribution in [3.63, 3.8) is 0 Å². The summed E-state index contributed by atoms with van der Waals surface area (Å²) < 4.78 is 19.7. The zero-order valence-corrected chi connectivity index (χ0v) is 10.7. The van der Waals surface area contributed by atoms with E-state index in [4.69, 9.17) is 4.42 Å². The van der Waals surface area contributed by atoms with E-state index in [1.165, 1.54) is 6.07 Å². The van der Waals surface area contributed by atoms with Crippen molar-refractivity contribution in [2.45, 2.75) is 19.9 Å². The summed E-state index contributed by atoms with van der Waals surface area (Å²) in [6.07, 6.45) is 1.69. The number of anilines is 1. The molecular formula is C14H17FN2O. The molecule has 1 saturated heterocycles. The molecule has 1 atom stereocenters. The Bertz CT molecular complexity index is 578. The van der Waals surface area contributed by atoms with Crippen molar-refractivity contribution in [2.75, 3.05) is 24.5 Å². The van der Waals surface area contributed by atoms with Crippen molar-refractivity contribution >= 4 is 16.7 Å². The van der Waals surface area contributed by atoms with Gasteiger partial charge >= 0.3 is 0 Å². The number of hydrogen-bond acceptors (Lipinski definition) is 3. The predicted molar refractivity (Wildman–Crippen MR) is 70.6 cm³/mol. The lowest BCUT2D eigenvalue weighted by Gasteiger charge is -2.33. The maximum absolute atomic E-state index is 14.1. The molecule has 18 heavy (non-hydrogen) atoms. The molecule has 3 nitrogen and oxygen atoms in total. The predicted octanol–water partition coefficient (Wildman–Crippen LogP) is 2.68. The average Bonchev–Trinajstić information content (AvgIpc) is 2.71. The standard InChI is InChI=1S/C14H17FN2O/c1-9-8-18-14-11(9)3-4-12(15)13(14)17-6-5-16-10(2)7-17/h3-4,8,10,16H,5-7H2,1-2H3/t10-/m1/s1. The van der Waals surface area contributed by atoms with Crippen LogP contribution in [0.4, 0.5) is 10.1 Å². The number of benzene rings is 1. The average molecular weight is 248 g/mol. The van der Waals surface area contributed by atoms with E-state index in [0.717, 1.165) is 30.6 Å². The van der Waals surface area contributed by atoms with Gasteiger partial charge in [-0.2, -0.15) is 0 Å². The van der Waals surface area contributed by atoms with Crippen molar-refractivity contribution in [1.82, 2.24) is 5.32 Å². The van der Waals surface area contributed by atoms with Crippen LogP contribution >= 0.6 is 0 Å². The van der Waals surface area contributed by atoms with Gasteiger partial charge in [0, 0.05) is 31.1 Å². The molecule has 2 heterocycles. The van der Waals surface area contributed by atoms with Gasteiger partial charge in [-0.1, -0.05) is 0 Å². The van der Waals surface area contributed by atoms with Crippen LogP contribution in [-0.2, 0) is 0 Å². The van der Waals surface area contributed by atoms with Crippen molar-refractivity contribution < 1.29 is 8.81 Å². The van der Waals surface area contributed by atoms with Crippen LogP contribution in [0.5, 0.6) is 0 Å². The summed E-state index contributed by atoms with van der Waals surface area (Å²) in [5.41, 5.74) is 2.32. The molecule has 3 rings (SSSR count). The molecule has 1 aromatic carbocycles. The Morgan fingerprint density at radius 3 is 3.06 bits per heavy atom. The van der Waals surface area contributed by atoms with Gasteiger partial charge in [-0.15, -0.1) is 0 Å². The molecule has 0 bridgehead atoms. The van der Waals surface area contributed by atoms with Gasteiger partial charge in [-0.3, -0.25) is 0 Å². The molecule has 1 N–H and O–H groups in total. The summed E-state index contributed by atoms with van der Waals surface area (Å²) >= 11 is 0. The maximum atomic E-state index is 14.1. The highest BCUT2D eigenvalue weighted by atomic mass is 19.1. The first kappa shape index (κ1) is 11.5. The van der Waals surface area contributed by atoms with E-state index >= 15 is 0 Å². The van der Waals surface area contributed by atoms with E-state index in [-0.39, 0.29) is 5.82 Å². The Morgan fingerprint density at radius 1 is 1.44 bits per heavy atom. The summed E-state index contributed by atoms with van der Waals surface area (Å²) in [5.74, 6) is -0.203. The minimum absolute atomic E-state index is 0.203. The van der Waals surface area contributed by atoms with Gasteiger partial charge in [0.25, 0.3) is 0 Å². The van der Waals surface area contributed by atoms with Crippen LogP contribution in [0.2, 0.25) is 0 Å². The highest BCUT2D eigenvalue weighted by Gasteiger charge is 2.22. The van der Waals surface area contributed by atoms with Gasteiger partial charge in [0.1, 0.15) is 11.5 Å². The van der Waals surface area contributed by atoms with Crippen LogP contribution in [0.1, 0.15) is 12.5 Å². The van der Waals surface area contributed by atoms with Gasteiger partial charge in [-0.25, -0.2) is 4.39 Å². The Hall–Kier alpha value is -1.55. The number of hydrogen-bond donors (Lipinski definition) is 1. The Morgan fingerprint density at radius 2 is 2.28 bits per heavy atom. The van der Waals surface area contributed by atoms with Gasteiger partial charge in [0.05, 0.1) is 6.26 Å². The fraction of sp³-hybridized carbons (Fsp3) is 0.429. The zero-order chi connectivity index (χ0) is 12.7. The van der Waals surface area contributed by atoms with Crippen LogP contribution < -0.4 is 10.2 Å². The highest BCUT2D eigenvalue weighted by Crippen LogP contribution is 2.33. The first-order chi connectivity index (χ1) is 8.66. The van der Waals surface area contributed by atoms with Gasteiger partial charge in [0.15, 0.2) is 5.58 Å². The molecule has 0 aliphatic carbocycles. The molecule has 0 saturated carbocycles. The molecule has 1 aromatic heterocycles. The third kappa shape index (κ3) is 1.77. The molecule has 4 heteroatoms. The molecule has 0 radical (unpaired) electrons. The van der Waals surface area contributed by atoms with Crippen LogP contribution in [0.15, 0.2) is 22.8 Å². The Kier molecular flexibility index (Phi) is 2.74. The largest absolute Gasteiger partial charge is 0.462 e. The number of nitrogens with zero attached hydrogens (tertiary/aromatic N) is 1. The van der Waals surface area contributed by atoms with Gasteiger partial charge in [0.2, 0.25) is 0 Å². The number of furan rings is 1. The monoisotopic (exact) mass is 248 g/mol. The summed E-state index contributed by atoms with van der Waals surface area (Å²) in [4.78, 5) is 2.07. The van der Waals surface area contributed by atoms with Crippen molar-refractivity contribution in [3.05, 3.63) is 29.8 Å². The van der Waals surface area contributed by atoms with Gasteiger partial charge in [-0.05, 0) is 31.5 Å². The SMILES string of the molecule is Cc1coc2c(N3CCN[C@H](C)C3)c(F)ccc12. The number of nitrogens with one attached hydrogen (secondary N) is 1. The topological polar surface area (TPSA) is 28.4 Å². The molecule has 1 aliphatic rings. The summed E-state index contributed by atoms with van der Waals surface area (Å²) in [6.45, 7) is 6.57. The van der Waals surface area contributed by atoms with Crippen LogP contribution in [0.25, 0.3) is 11.0 Å². The fourth-order valence-electron chi connectivity index (χ4n) is 2.62. The minimum atomic E-state index is -0.203. The first-order valence-electron chi connectivity index (χ1n) is 6.31. The summed E-state index contributed by atoms with van der Waals surface area (Å²) in [6, 6.07) is 3.69. The van der Waals surface area contributed by atoms with E-state index in [9.17, 15) is 4.39 Å². The molecule has 0 spiro atoms. The van der Waals surface area contributed by atoms with Crippen LogP contribution in [-0.4, -0.2) is 25.7 Å². The summed E-state index contributed by atoms with van der Waals surface area (Å²) in [7, 11) is 0. The number of piperazine rings is 1. The minimum Gasteiger partial charge on any atom is -0.462 e. The quantitative estimate of drug-likeness (QED) is 0.841.